The van der Waals surface area contributed by atoms with Crippen molar-refractivity contribution in [1.82, 2.24) is 5.32 Å². The van der Waals surface area contributed by atoms with E-state index in [9.17, 15) is 9.50 Å². The first kappa shape index (κ1) is 11.6. The van der Waals surface area contributed by atoms with E-state index in [2.05, 4.69) is 5.32 Å². The number of halogens is 1. The molecule has 1 fully saturated rings. The molecule has 2 N–H and O–H groups in total. The molecular formula is C13H18FNO. The maximum atomic E-state index is 13.5. The van der Waals surface area contributed by atoms with Gasteiger partial charge in [0.1, 0.15) is 5.82 Å². The molecule has 0 aromatic heterocycles. The van der Waals surface area contributed by atoms with Crippen molar-refractivity contribution in [2.24, 2.45) is 0 Å². The Morgan fingerprint density at radius 3 is 2.75 bits per heavy atom. The summed E-state index contributed by atoms with van der Waals surface area (Å²) >= 11 is 0. The highest BCUT2D eigenvalue weighted by Gasteiger charge is 2.26. The summed E-state index contributed by atoms with van der Waals surface area (Å²) in [6.07, 6.45) is 2.58. The molecule has 1 aliphatic rings. The van der Waals surface area contributed by atoms with E-state index >= 15 is 0 Å². The molecule has 0 spiro atoms. The van der Waals surface area contributed by atoms with Crippen LogP contribution in [0.1, 0.15) is 37.8 Å². The van der Waals surface area contributed by atoms with Crippen LogP contribution >= 0.6 is 0 Å². The summed E-state index contributed by atoms with van der Waals surface area (Å²) in [5.41, 5.74) is 0.668. The first-order valence-corrected chi connectivity index (χ1v) is 5.87. The predicted molar refractivity (Wildman–Crippen MR) is 61.6 cm³/mol. The summed E-state index contributed by atoms with van der Waals surface area (Å²) in [5, 5.41) is 13.0. The lowest BCUT2D eigenvalue weighted by Crippen LogP contribution is -2.37. The number of nitrogens with one attached hydrogen (secondary N) is 1. The van der Waals surface area contributed by atoms with Gasteiger partial charge in [0.05, 0.1) is 6.10 Å². The first-order valence-electron chi connectivity index (χ1n) is 5.87. The number of hydrogen-bond acceptors (Lipinski definition) is 2. The van der Waals surface area contributed by atoms with Crippen molar-refractivity contribution in [3.05, 3.63) is 35.6 Å². The number of aliphatic hydroxyl groups is 1. The van der Waals surface area contributed by atoms with Gasteiger partial charge in [-0.25, -0.2) is 4.39 Å². The van der Waals surface area contributed by atoms with Gasteiger partial charge in [0.25, 0.3) is 0 Å². The molecule has 16 heavy (non-hydrogen) atoms. The third-order valence-electron chi connectivity index (χ3n) is 3.32. The molecule has 1 unspecified atom stereocenters. The van der Waals surface area contributed by atoms with E-state index in [1.807, 2.05) is 13.0 Å². The van der Waals surface area contributed by atoms with Gasteiger partial charge < -0.3 is 10.4 Å². The third-order valence-corrected chi connectivity index (χ3v) is 3.32. The van der Waals surface area contributed by atoms with Gasteiger partial charge in [-0.3, -0.25) is 0 Å². The number of hydrogen-bond donors (Lipinski definition) is 2. The van der Waals surface area contributed by atoms with Gasteiger partial charge in [-0.05, 0) is 32.3 Å². The van der Waals surface area contributed by atoms with Crippen LogP contribution in [0.25, 0.3) is 0 Å². The molecule has 0 saturated heterocycles. The summed E-state index contributed by atoms with van der Waals surface area (Å²) in [6, 6.07) is 6.83. The van der Waals surface area contributed by atoms with Crippen molar-refractivity contribution in [2.45, 2.75) is 44.4 Å². The average Bonchev–Trinajstić information content (AvgIpc) is 2.65. The molecule has 2 rings (SSSR count). The van der Waals surface area contributed by atoms with Crippen LogP contribution in [0.15, 0.2) is 24.3 Å². The van der Waals surface area contributed by atoms with Crippen LogP contribution in [0, 0.1) is 5.82 Å². The second kappa shape index (κ2) is 4.93. The smallest absolute Gasteiger partial charge is 0.127 e. The predicted octanol–water partition coefficient (Wildman–Crippen LogP) is 2.39. The quantitative estimate of drug-likeness (QED) is 0.824. The van der Waals surface area contributed by atoms with Crippen molar-refractivity contribution in [2.75, 3.05) is 0 Å². The molecule has 1 saturated carbocycles. The van der Waals surface area contributed by atoms with Gasteiger partial charge in [-0.1, -0.05) is 18.2 Å². The fourth-order valence-electron chi connectivity index (χ4n) is 2.37. The molecule has 88 valence electrons. The monoisotopic (exact) mass is 223 g/mol. The van der Waals surface area contributed by atoms with E-state index in [4.69, 9.17) is 0 Å². The zero-order valence-corrected chi connectivity index (χ0v) is 9.49. The van der Waals surface area contributed by atoms with E-state index in [-0.39, 0.29) is 24.0 Å². The summed E-state index contributed by atoms with van der Waals surface area (Å²) in [5.74, 6) is -0.185. The molecule has 0 amide bonds. The zero-order valence-electron chi connectivity index (χ0n) is 9.49. The maximum absolute atomic E-state index is 13.5. The van der Waals surface area contributed by atoms with Crippen LogP contribution in [-0.4, -0.2) is 17.3 Å². The van der Waals surface area contributed by atoms with Crippen LogP contribution < -0.4 is 5.32 Å². The molecule has 1 aromatic rings. The Balaban J connectivity index is 2.03. The Bertz CT molecular complexity index is 356. The molecule has 0 bridgehead atoms. The lowest BCUT2D eigenvalue weighted by Gasteiger charge is -2.22. The molecule has 1 aliphatic carbocycles. The average molecular weight is 223 g/mol. The van der Waals surface area contributed by atoms with E-state index in [1.54, 1.807) is 12.1 Å². The van der Waals surface area contributed by atoms with Gasteiger partial charge in [0, 0.05) is 17.6 Å². The van der Waals surface area contributed by atoms with E-state index in [0.717, 1.165) is 19.3 Å². The van der Waals surface area contributed by atoms with Crippen LogP contribution in [0.3, 0.4) is 0 Å². The molecule has 0 aliphatic heterocycles. The first-order chi connectivity index (χ1) is 7.68. The van der Waals surface area contributed by atoms with Crippen molar-refractivity contribution >= 4 is 0 Å². The third kappa shape index (κ3) is 2.42. The van der Waals surface area contributed by atoms with Crippen LogP contribution in [0.4, 0.5) is 4.39 Å². The summed E-state index contributed by atoms with van der Waals surface area (Å²) in [4.78, 5) is 0. The Labute approximate surface area is 95.5 Å². The minimum atomic E-state index is -0.283. The maximum Gasteiger partial charge on any atom is 0.127 e. The summed E-state index contributed by atoms with van der Waals surface area (Å²) in [6.45, 7) is 1.93. The molecule has 3 heteroatoms. The molecule has 3 atom stereocenters. The normalized spacial score (nSPS) is 26.9. The highest BCUT2D eigenvalue weighted by molar-refractivity contribution is 5.20. The second-order valence-electron chi connectivity index (χ2n) is 4.51. The van der Waals surface area contributed by atoms with E-state index in [1.165, 1.54) is 6.07 Å². The molecule has 0 radical (unpaired) electrons. The van der Waals surface area contributed by atoms with Crippen molar-refractivity contribution in [1.29, 1.82) is 0 Å². The van der Waals surface area contributed by atoms with Crippen molar-refractivity contribution in [3.8, 4) is 0 Å². The molecular weight excluding hydrogens is 205 g/mol. The lowest BCUT2D eigenvalue weighted by atomic mass is 10.1. The molecule has 2 nitrogen and oxygen atoms in total. The second-order valence-corrected chi connectivity index (χ2v) is 4.51. The lowest BCUT2D eigenvalue weighted by molar-refractivity contribution is 0.143. The van der Waals surface area contributed by atoms with E-state index < -0.39 is 0 Å². The molecule has 1 aromatic carbocycles. The highest BCUT2D eigenvalue weighted by Crippen LogP contribution is 2.23. The highest BCUT2D eigenvalue weighted by atomic mass is 19.1. The Kier molecular flexibility index (Phi) is 3.56. The minimum absolute atomic E-state index is 0.0565. The summed E-state index contributed by atoms with van der Waals surface area (Å²) in [7, 11) is 0. The Morgan fingerprint density at radius 1 is 1.38 bits per heavy atom. The van der Waals surface area contributed by atoms with Crippen LogP contribution in [0.5, 0.6) is 0 Å². The van der Waals surface area contributed by atoms with Crippen LogP contribution in [0.2, 0.25) is 0 Å². The zero-order chi connectivity index (χ0) is 11.5. The Hall–Kier alpha value is -0.930. The number of benzene rings is 1. The van der Waals surface area contributed by atoms with E-state index in [0.29, 0.717) is 5.56 Å². The molecule has 0 heterocycles. The fraction of sp³-hybridized carbons (Fsp3) is 0.538. The van der Waals surface area contributed by atoms with Gasteiger partial charge in [-0.2, -0.15) is 0 Å². The largest absolute Gasteiger partial charge is 0.392 e. The number of rotatable bonds is 3. The van der Waals surface area contributed by atoms with Gasteiger partial charge in [-0.15, -0.1) is 0 Å². The van der Waals surface area contributed by atoms with Gasteiger partial charge >= 0.3 is 0 Å². The van der Waals surface area contributed by atoms with Crippen LogP contribution in [-0.2, 0) is 0 Å². The Morgan fingerprint density at radius 2 is 2.12 bits per heavy atom. The topological polar surface area (TPSA) is 32.3 Å². The van der Waals surface area contributed by atoms with Crippen molar-refractivity contribution < 1.29 is 9.50 Å². The van der Waals surface area contributed by atoms with Crippen molar-refractivity contribution in [3.63, 3.8) is 0 Å². The number of aliphatic hydroxyl groups excluding tert-OH is 1. The van der Waals surface area contributed by atoms with Gasteiger partial charge in [0.2, 0.25) is 0 Å². The summed E-state index contributed by atoms with van der Waals surface area (Å²) < 4.78 is 13.5. The SMILES string of the molecule is CC(N[C@@H]1CCC[C@H]1O)c1ccccc1F. The standard InChI is InChI=1S/C13H18FNO/c1-9(10-5-2-3-6-11(10)14)15-12-7-4-8-13(12)16/h2-3,5-6,9,12-13,15-16H,4,7-8H2,1H3/t9?,12-,13-/m1/s1. The minimum Gasteiger partial charge on any atom is -0.392 e. The van der Waals surface area contributed by atoms with Gasteiger partial charge in [0.15, 0.2) is 0 Å². The fourth-order valence-corrected chi connectivity index (χ4v) is 2.37.